The highest BCUT2D eigenvalue weighted by atomic mass is 32.2. The molecule has 1 aliphatic carbocycles. The molecule has 1 saturated carbocycles. The molecule has 0 aromatic heterocycles. The lowest BCUT2D eigenvalue weighted by Crippen LogP contribution is -2.13. The Kier molecular flexibility index (Phi) is 4.44. The maximum Gasteiger partial charge on any atom is 0.261 e. The molecule has 1 aliphatic rings. The summed E-state index contributed by atoms with van der Waals surface area (Å²) in [5.41, 5.74) is 1.81. The van der Waals surface area contributed by atoms with Gasteiger partial charge in [-0.1, -0.05) is 12.1 Å². The number of hydrogen-bond acceptors (Lipinski definition) is 4. The first-order valence-corrected chi connectivity index (χ1v) is 9.66. The standard InChI is InChI=1S/C19H20N2O3S/c1-3-24-18-9-8-17(12-14(18)2)25(22,23)21-16-6-4-15(5-7-16)19(13-20)10-11-19/h4-9,12,21H,3,10-11H2,1-2H3. The molecule has 25 heavy (non-hydrogen) atoms. The third-order valence-corrected chi connectivity index (χ3v) is 5.79. The Morgan fingerprint density at radius 3 is 2.40 bits per heavy atom. The lowest BCUT2D eigenvalue weighted by atomic mass is 9.98. The molecule has 1 fully saturated rings. The number of nitriles is 1. The van der Waals surface area contributed by atoms with Crippen LogP contribution in [0.4, 0.5) is 5.69 Å². The van der Waals surface area contributed by atoms with Crippen LogP contribution >= 0.6 is 0 Å². The van der Waals surface area contributed by atoms with Crippen LogP contribution in [0, 0.1) is 18.3 Å². The Balaban J connectivity index is 1.80. The molecule has 0 spiro atoms. The second-order valence-electron chi connectivity index (χ2n) is 6.24. The van der Waals surface area contributed by atoms with Gasteiger partial charge < -0.3 is 4.74 Å². The molecule has 0 aliphatic heterocycles. The van der Waals surface area contributed by atoms with Crippen LogP contribution in [0.3, 0.4) is 0 Å². The fraction of sp³-hybridized carbons (Fsp3) is 0.316. The van der Waals surface area contributed by atoms with Crippen molar-refractivity contribution < 1.29 is 13.2 Å². The molecular formula is C19H20N2O3S. The maximum atomic E-state index is 12.6. The minimum absolute atomic E-state index is 0.188. The van der Waals surface area contributed by atoms with Crippen molar-refractivity contribution in [1.29, 1.82) is 5.26 Å². The number of nitrogens with one attached hydrogen (secondary N) is 1. The Morgan fingerprint density at radius 1 is 1.20 bits per heavy atom. The monoisotopic (exact) mass is 356 g/mol. The molecule has 2 aromatic rings. The van der Waals surface area contributed by atoms with Crippen LogP contribution in [0.2, 0.25) is 0 Å². The summed E-state index contributed by atoms with van der Waals surface area (Å²) in [5, 5.41) is 9.23. The largest absolute Gasteiger partial charge is 0.494 e. The van der Waals surface area contributed by atoms with Crippen LogP contribution < -0.4 is 9.46 Å². The highest BCUT2D eigenvalue weighted by molar-refractivity contribution is 7.92. The highest BCUT2D eigenvalue weighted by Crippen LogP contribution is 2.47. The van der Waals surface area contributed by atoms with Crippen LogP contribution in [0.1, 0.15) is 30.9 Å². The summed E-state index contributed by atoms with van der Waals surface area (Å²) >= 11 is 0. The summed E-state index contributed by atoms with van der Waals surface area (Å²) in [6.07, 6.45) is 1.72. The number of hydrogen-bond donors (Lipinski definition) is 1. The first-order chi connectivity index (χ1) is 11.9. The van der Waals surface area contributed by atoms with E-state index in [1.165, 1.54) is 6.07 Å². The molecule has 0 atom stereocenters. The molecule has 5 nitrogen and oxygen atoms in total. The number of anilines is 1. The van der Waals surface area contributed by atoms with Gasteiger partial charge in [0.25, 0.3) is 10.0 Å². The molecule has 0 saturated heterocycles. The van der Waals surface area contributed by atoms with Gasteiger partial charge in [0, 0.05) is 5.69 Å². The van der Waals surface area contributed by atoms with Gasteiger partial charge in [-0.2, -0.15) is 5.26 Å². The van der Waals surface area contributed by atoms with Crippen molar-refractivity contribution in [3.8, 4) is 11.8 Å². The lowest BCUT2D eigenvalue weighted by molar-refractivity contribution is 0.337. The lowest BCUT2D eigenvalue weighted by Gasteiger charge is -2.12. The van der Waals surface area contributed by atoms with E-state index in [1.54, 1.807) is 24.3 Å². The van der Waals surface area contributed by atoms with E-state index in [9.17, 15) is 13.7 Å². The van der Waals surface area contributed by atoms with Crippen LogP contribution in [0.5, 0.6) is 5.75 Å². The summed E-state index contributed by atoms with van der Waals surface area (Å²) in [6.45, 7) is 4.23. The summed E-state index contributed by atoms with van der Waals surface area (Å²) in [5.74, 6) is 0.678. The van der Waals surface area contributed by atoms with E-state index < -0.39 is 10.0 Å². The number of ether oxygens (including phenoxy) is 1. The summed E-state index contributed by atoms with van der Waals surface area (Å²) < 4.78 is 33.2. The Bertz CT molecular complexity index is 924. The molecule has 130 valence electrons. The predicted molar refractivity (Wildman–Crippen MR) is 96.1 cm³/mol. The normalized spacial score (nSPS) is 15.2. The zero-order valence-electron chi connectivity index (χ0n) is 14.2. The number of benzene rings is 2. The van der Waals surface area contributed by atoms with Gasteiger partial charge in [0.05, 0.1) is 23.0 Å². The van der Waals surface area contributed by atoms with Crippen molar-refractivity contribution in [3.63, 3.8) is 0 Å². The van der Waals surface area contributed by atoms with Crippen LogP contribution in [-0.2, 0) is 15.4 Å². The maximum absolute atomic E-state index is 12.6. The second-order valence-corrected chi connectivity index (χ2v) is 7.92. The second kappa shape index (κ2) is 6.41. The van der Waals surface area contributed by atoms with Gasteiger partial charge in [-0.05, 0) is 68.1 Å². The van der Waals surface area contributed by atoms with Crippen molar-refractivity contribution in [2.45, 2.75) is 37.0 Å². The zero-order chi connectivity index (χ0) is 18.1. The number of sulfonamides is 1. The molecule has 1 N–H and O–H groups in total. The molecule has 0 radical (unpaired) electrons. The topological polar surface area (TPSA) is 79.2 Å². The van der Waals surface area contributed by atoms with Crippen molar-refractivity contribution in [2.75, 3.05) is 11.3 Å². The Labute approximate surface area is 148 Å². The average Bonchev–Trinajstić information content (AvgIpc) is 3.38. The number of aryl methyl sites for hydroxylation is 1. The van der Waals surface area contributed by atoms with Crippen LogP contribution in [0.25, 0.3) is 0 Å². The first-order valence-electron chi connectivity index (χ1n) is 8.18. The van der Waals surface area contributed by atoms with Crippen LogP contribution in [0.15, 0.2) is 47.4 Å². The number of nitrogens with zero attached hydrogens (tertiary/aromatic N) is 1. The fourth-order valence-corrected chi connectivity index (χ4v) is 3.91. The van der Waals surface area contributed by atoms with Gasteiger partial charge in [-0.3, -0.25) is 4.72 Å². The summed E-state index contributed by atoms with van der Waals surface area (Å²) in [4.78, 5) is 0.188. The quantitative estimate of drug-likeness (QED) is 0.855. The predicted octanol–water partition coefficient (Wildman–Crippen LogP) is 3.75. The van der Waals surface area contributed by atoms with E-state index in [0.29, 0.717) is 18.0 Å². The third-order valence-electron chi connectivity index (χ3n) is 4.41. The zero-order valence-corrected chi connectivity index (χ0v) is 15.1. The van der Waals surface area contributed by atoms with Gasteiger partial charge in [-0.15, -0.1) is 0 Å². The summed E-state index contributed by atoms with van der Waals surface area (Å²) in [7, 11) is -3.68. The third kappa shape index (κ3) is 3.47. The molecule has 2 aromatic carbocycles. The average molecular weight is 356 g/mol. The van der Waals surface area contributed by atoms with E-state index in [4.69, 9.17) is 4.74 Å². The van der Waals surface area contributed by atoms with Gasteiger partial charge in [0.15, 0.2) is 0 Å². The molecule has 0 unspecified atom stereocenters. The molecule has 0 heterocycles. The molecule has 0 amide bonds. The summed E-state index contributed by atoms with van der Waals surface area (Å²) in [6, 6.07) is 14.2. The smallest absolute Gasteiger partial charge is 0.261 e. The minimum Gasteiger partial charge on any atom is -0.494 e. The van der Waals surface area contributed by atoms with Crippen molar-refractivity contribution >= 4 is 15.7 Å². The van der Waals surface area contributed by atoms with Gasteiger partial charge >= 0.3 is 0 Å². The van der Waals surface area contributed by atoms with Gasteiger partial charge in [0.2, 0.25) is 0 Å². The molecule has 6 heteroatoms. The van der Waals surface area contributed by atoms with E-state index in [0.717, 1.165) is 24.0 Å². The SMILES string of the molecule is CCOc1ccc(S(=O)(=O)Nc2ccc(C3(C#N)CC3)cc2)cc1C. The first kappa shape index (κ1) is 17.3. The van der Waals surface area contributed by atoms with Crippen molar-refractivity contribution in [2.24, 2.45) is 0 Å². The molecule has 3 rings (SSSR count). The minimum atomic E-state index is -3.68. The van der Waals surface area contributed by atoms with Crippen molar-refractivity contribution in [1.82, 2.24) is 0 Å². The van der Waals surface area contributed by atoms with Crippen LogP contribution in [-0.4, -0.2) is 15.0 Å². The van der Waals surface area contributed by atoms with E-state index >= 15 is 0 Å². The number of rotatable bonds is 6. The Morgan fingerprint density at radius 2 is 1.88 bits per heavy atom. The van der Waals surface area contributed by atoms with Crippen molar-refractivity contribution in [3.05, 3.63) is 53.6 Å². The highest BCUT2D eigenvalue weighted by Gasteiger charge is 2.44. The van der Waals surface area contributed by atoms with E-state index in [1.807, 2.05) is 26.0 Å². The van der Waals surface area contributed by atoms with Gasteiger partial charge in [-0.25, -0.2) is 8.42 Å². The fourth-order valence-electron chi connectivity index (χ4n) is 2.77. The van der Waals surface area contributed by atoms with E-state index in [2.05, 4.69) is 10.8 Å². The van der Waals surface area contributed by atoms with E-state index in [-0.39, 0.29) is 10.3 Å². The van der Waals surface area contributed by atoms with Gasteiger partial charge in [0.1, 0.15) is 5.75 Å². The molecular weight excluding hydrogens is 336 g/mol. The Hall–Kier alpha value is -2.52. The molecule has 0 bridgehead atoms.